The zero-order chi connectivity index (χ0) is 20.8. The van der Waals surface area contributed by atoms with Gasteiger partial charge in [-0.15, -0.1) is 0 Å². The molecule has 1 heterocycles. The number of nitrogens with two attached hydrogens (primary N) is 1. The number of rotatable bonds is 3. The molecule has 0 fully saturated rings. The van der Waals surface area contributed by atoms with E-state index < -0.39 is 23.2 Å². The van der Waals surface area contributed by atoms with Gasteiger partial charge in [0, 0.05) is 12.1 Å². The first-order valence-corrected chi connectivity index (χ1v) is 9.45. The fourth-order valence-corrected chi connectivity index (χ4v) is 4.82. The second-order valence-corrected chi connectivity index (χ2v) is 7.56. The molecule has 7 heteroatoms. The van der Waals surface area contributed by atoms with Gasteiger partial charge in [-0.25, -0.2) is 14.8 Å². The molecule has 1 aromatic carbocycles. The van der Waals surface area contributed by atoms with Crippen LogP contribution in [0.1, 0.15) is 40.5 Å². The summed E-state index contributed by atoms with van der Waals surface area (Å²) in [7, 11) is 1.33. The number of allylic oxidation sites excluding steroid dienone is 1. The van der Waals surface area contributed by atoms with Crippen LogP contribution in [0.2, 0.25) is 0 Å². The van der Waals surface area contributed by atoms with Crippen molar-refractivity contribution in [2.45, 2.75) is 25.2 Å². The minimum atomic E-state index is -0.863. The maximum absolute atomic E-state index is 12.9. The van der Waals surface area contributed by atoms with E-state index in [2.05, 4.69) is 9.97 Å². The van der Waals surface area contributed by atoms with Crippen LogP contribution in [0.25, 0.3) is 0 Å². The molecule has 1 unspecified atom stereocenters. The van der Waals surface area contributed by atoms with Crippen LogP contribution in [-0.2, 0) is 26.2 Å². The zero-order valence-corrected chi connectivity index (χ0v) is 16.2. The van der Waals surface area contributed by atoms with Gasteiger partial charge in [-0.05, 0) is 42.0 Å². The van der Waals surface area contributed by atoms with E-state index in [1.54, 1.807) is 30.5 Å². The number of amides is 1. The van der Waals surface area contributed by atoms with Crippen molar-refractivity contribution in [2.24, 2.45) is 17.6 Å². The molecule has 4 rings (SSSR count). The minimum Gasteiger partial charge on any atom is -0.465 e. The molecule has 29 heavy (non-hydrogen) atoms. The summed E-state index contributed by atoms with van der Waals surface area (Å²) in [5.41, 5.74) is 7.52. The van der Waals surface area contributed by atoms with E-state index in [0.717, 1.165) is 29.7 Å². The largest absolute Gasteiger partial charge is 0.465 e. The van der Waals surface area contributed by atoms with Crippen LogP contribution in [0.5, 0.6) is 0 Å². The maximum atomic E-state index is 12.9. The number of nitrogens with zero attached hydrogens (tertiary/aromatic N) is 2. The van der Waals surface area contributed by atoms with Gasteiger partial charge in [-0.1, -0.05) is 25.1 Å². The van der Waals surface area contributed by atoms with E-state index in [0.29, 0.717) is 5.56 Å². The standard InChI is InChI=1S/C22H21N3O4/c1-12-17-7-6-14-10-24-11-25-19(14)22(17,9-16(18(12)26)20(23)27)15-5-3-4-13(8-15)21(28)29-2/h3-5,8-12,17H,6-7H2,1-2H3,(H2,23,27)/t12-,17-,22?/m0/s1. The van der Waals surface area contributed by atoms with Gasteiger partial charge < -0.3 is 10.5 Å². The Hall–Kier alpha value is -3.35. The summed E-state index contributed by atoms with van der Waals surface area (Å²) in [6.45, 7) is 1.83. The number of aromatic nitrogens is 2. The first kappa shape index (κ1) is 19.0. The van der Waals surface area contributed by atoms with Gasteiger partial charge in [0.2, 0.25) is 0 Å². The average Bonchev–Trinajstić information content (AvgIpc) is 2.75. The fraction of sp³-hybridized carbons (Fsp3) is 0.318. The summed E-state index contributed by atoms with van der Waals surface area (Å²) in [6, 6.07) is 7.06. The molecule has 1 amide bonds. The Bertz CT molecular complexity index is 1060. The second kappa shape index (κ2) is 6.92. The number of hydrogen-bond donors (Lipinski definition) is 1. The Labute approximate surface area is 168 Å². The van der Waals surface area contributed by atoms with Crippen molar-refractivity contribution in [3.8, 4) is 0 Å². The van der Waals surface area contributed by atoms with Gasteiger partial charge in [0.05, 0.1) is 29.4 Å². The number of ether oxygens (including phenoxy) is 1. The van der Waals surface area contributed by atoms with E-state index in [9.17, 15) is 14.4 Å². The number of carbonyl (C=O) groups excluding carboxylic acids is 3. The molecule has 0 radical (unpaired) electrons. The van der Waals surface area contributed by atoms with Crippen LogP contribution in [0.4, 0.5) is 0 Å². The zero-order valence-electron chi connectivity index (χ0n) is 16.2. The van der Waals surface area contributed by atoms with E-state index in [1.165, 1.54) is 13.4 Å². The number of esters is 1. The number of methoxy groups -OCH3 is 1. The normalized spacial score (nSPS) is 25.4. The third kappa shape index (κ3) is 2.76. The van der Waals surface area contributed by atoms with Crippen molar-refractivity contribution >= 4 is 17.7 Å². The molecule has 7 nitrogen and oxygen atoms in total. The van der Waals surface area contributed by atoms with Crippen molar-refractivity contribution in [2.75, 3.05) is 7.11 Å². The van der Waals surface area contributed by atoms with Crippen LogP contribution < -0.4 is 5.73 Å². The Kier molecular flexibility index (Phi) is 4.53. The molecule has 0 saturated carbocycles. The molecular formula is C22H21N3O4. The number of primary amides is 1. The molecule has 1 aromatic heterocycles. The number of Topliss-reactive ketones (excluding diaryl/α,β-unsaturated/α-hetero) is 1. The van der Waals surface area contributed by atoms with E-state index in [1.807, 2.05) is 13.0 Å². The number of carbonyl (C=O) groups is 3. The lowest BCUT2D eigenvalue weighted by atomic mass is 9.54. The maximum Gasteiger partial charge on any atom is 0.337 e. The van der Waals surface area contributed by atoms with Crippen LogP contribution in [0.15, 0.2) is 48.4 Å². The molecular weight excluding hydrogens is 370 g/mol. The van der Waals surface area contributed by atoms with E-state index in [-0.39, 0.29) is 17.3 Å². The lowest BCUT2D eigenvalue weighted by molar-refractivity contribution is -0.125. The number of benzene rings is 1. The molecule has 0 bridgehead atoms. The van der Waals surface area contributed by atoms with Gasteiger partial charge in [-0.3, -0.25) is 9.59 Å². The third-order valence-corrected chi connectivity index (χ3v) is 6.17. The average molecular weight is 391 g/mol. The van der Waals surface area contributed by atoms with Crippen molar-refractivity contribution < 1.29 is 19.1 Å². The topological polar surface area (TPSA) is 112 Å². The molecule has 0 aliphatic heterocycles. The van der Waals surface area contributed by atoms with Crippen LogP contribution in [0.3, 0.4) is 0 Å². The highest BCUT2D eigenvalue weighted by Gasteiger charge is 2.53. The smallest absolute Gasteiger partial charge is 0.337 e. The van der Waals surface area contributed by atoms with Gasteiger partial charge >= 0.3 is 5.97 Å². The van der Waals surface area contributed by atoms with Crippen LogP contribution in [0, 0.1) is 11.8 Å². The predicted molar refractivity (Wildman–Crippen MR) is 104 cm³/mol. The SMILES string of the molecule is COC(=O)c1cccc(C23C=C(C(N)=O)C(=O)[C@@H](C)[C@@H]2CCc2cncnc23)c1. The third-order valence-electron chi connectivity index (χ3n) is 6.17. The highest BCUT2D eigenvalue weighted by atomic mass is 16.5. The summed E-state index contributed by atoms with van der Waals surface area (Å²) < 4.78 is 4.87. The monoisotopic (exact) mass is 391 g/mol. The lowest BCUT2D eigenvalue weighted by Gasteiger charge is -2.48. The van der Waals surface area contributed by atoms with Crippen molar-refractivity contribution in [3.05, 3.63) is 70.8 Å². The van der Waals surface area contributed by atoms with Gasteiger partial charge in [0.1, 0.15) is 6.33 Å². The molecule has 2 aromatic rings. The number of aryl methyl sites for hydroxylation is 1. The summed E-state index contributed by atoms with van der Waals surface area (Å²) >= 11 is 0. The molecule has 0 spiro atoms. The highest BCUT2D eigenvalue weighted by Crippen LogP contribution is 2.53. The number of ketones is 1. The minimum absolute atomic E-state index is 0.0244. The molecule has 2 aliphatic carbocycles. The van der Waals surface area contributed by atoms with Crippen molar-refractivity contribution in [1.29, 1.82) is 0 Å². The van der Waals surface area contributed by atoms with Gasteiger partial charge in [-0.2, -0.15) is 0 Å². The Morgan fingerprint density at radius 1 is 1.31 bits per heavy atom. The van der Waals surface area contributed by atoms with Crippen molar-refractivity contribution in [1.82, 2.24) is 9.97 Å². The Morgan fingerprint density at radius 3 is 2.83 bits per heavy atom. The van der Waals surface area contributed by atoms with Crippen LogP contribution in [-0.4, -0.2) is 34.7 Å². The second-order valence-electron chi connectivity index (χ2n) is 7.56. The van der Waals surface area contributed by atoms with Gasteiger partial charge in [0.15, 0.2) is 5.78 Å². The first-order chi connectivity index (χ1) is 13.9. The molecule has 2 N–H and O–H groups in total. The highest BCUT2D eigenvalue weighted by molar-refractivity contribution is 6.20. The fourth-order valence-electron chi connectivity index (χ4n) is 4.82. The quantitative estimate of drug-likeness (QED) is 0.630. The van der Waals surface area contributed by atoms with Crippen molar-refractivity contribution in [3.63, 3.8) is 0 Å². The first-order valence-electron chi connectivity index (χ1n) is 9.45. The summed E-state index contributed by atoms with van der Waals surface area (Å²) in [4.78, 5) is 45.8. The number of fused-ring (bicyclic) bond motifs is 3. The summed E-state index contributed by atoms with van der Waals surface area (Å²) in [5.74, 6) is -2.02. The molecule has 148 valence electrons. The summed E-state index contributed by atoms with van der Waals surface area (Å²) in [5, 5.41) is 0. The lowest BCUT2D eigenvalue weighted by Crippen LogP contribution is -2.50. The number of hydrogen-bond acceptors (Lipinski definition) is 6. The van der Waals surface area contributed by atoms with Crippen LogP contribution >= 0.6 is 0 Å². The molecule has 3 atom stereocenters. The van der Waals surface area contributed by atoms with E-state index >= 15 is 0 Å². The molecule has 0 saturated heterocycles. The van der Waals surface area contributed by atoms with Gasteiger partial charge in [0.25, 0.3) is 5.91 Å². The summed E-state index contributed by atoms with van der Waals surface area (Å²) in [6.07, 6.45) is 6.34. The molecule has 2 aliphatic rings. The Balaban J connectivity index is 2.07. The van der Waals surface area contributed by atoms with E-state index in [4.69, 9.17) is 10.5 Å². The predicted octanol–water partition coefficient (Wildman–Crippen LogP) is 1.74. The Morgan fingerprint density at radius 2 is 2.10 bits per heavy atom.